The van der Waals surface area contributed by atoms with Crippen LogP contribution in [0.2, 0.25) is 5.02 Å². The molecule has 0 unspecified atom stereocenters. The highest BCUT2D eigenvalue weighted by Gasteiger charge is 2.22. The minimum absolute atomic E-state index is 0.571. The second-order valence-electron chi connectivity index (χ2n) is 6.82. The number of hydrogen-bond donors (Lipinski definition) is 2. The van der Waals surface area contributed by atoms with Gasteiger partial charge in [0.1, 0.15) is 5.03 Å². The van der Waals surface area contributed by atoms with Gasteiger partial charge in [-0.15, -0.1) is 11.8 Å². The fraction of sp³-hybridized carbons (Fsp3) is 0.316. The van der Waals surface area contributed by atoms with E-state index < -0.39 is 0 Å². The van der Waals surface area contributed by atoms with Crippen LogP contribution in [0.25, 0.3) is 10.8 Å². The van der Waals surface area contributed by atoms with Gasteiger partial charge in [0.25, 0.3) is 0 Å². The third-order valence-electron chi connectivity index (χ3n) is 4.53. The summed E-state index contributed by atoms with van der Waals surface area (Å²) in [5.74, 6) is 7.64. The molecule has 0 bridgehead atoms. The van der Waals surface area contributed by atoms with Crippen molar-refractivity contribution in [3.8, 4) is 0 Å². The molecule has 2 aliphatic heterocycles. The molecule has 0 aliphatic carbocycles. The number of nitrogens with two attached hydrogens (primary N) is 1. The van der Waals surface area contributed by atoms with E-state index in [0.29, 0.717) is 24.1 Å². The molecule has 0 saturated carbocycles. The monoisotopic (exact) mass is 403 g/mol. The first-order valence-corrected chi connectivity index (χ1v) is 10.1. The molecule has 2 aliphatic rings. The van der Waals surface area contributed by atoms with Crippen molar-refractivity contribution in [2.24, 2.45) is 10.8 Å². The van der Waals surface area contributed by atoms with E-state index in [1.807, 2.05) is 12.1 Å². The molecular weight excluding hydrogens is 382 g/mol. The second-order valence-corrected chi connectivity index (χ2v) is 8.35. The molecule has 0 radical (unpaired) electrons. The first-order chi connectivity index (χ1) is 13.0. The molecular formula is C19H22ClN5OS. The SMILES string of the molecule is CN(C)CCSC1=CN(N)NC(c2c(Cl)cc3c4c(cccc24)COC3)=N1. The lowest BCUT2D eigenvalue weighted by Gasteiger charge is -2.26. The maximum Gasteiger partial charge on any atom is 0.156 e. The summed E-state index contributed by atoms with van der Waals surface area (Å²) in [5, 5.41) is 5.20. The van der Waals surface area contributed by atoms with Crippen molar-refractivity contribution >= 4 is 40.0 Å². The molecule has 0 saturated heterocycles. The van der Waals surface area contributed by atoms with E-state index in [1.165, 1.54) is 16.1 Å². The fourth-order valence-corrected chi connectivity index (χ4v) is 4.64. The van der Waals surface area contributed by atoms with Crippen LogP contribution in [0.5, 0.6) is 0 Å². The normalized spacial score (nSPS) is 16.4. The van der Waals surface area contributed by atoms with Gasteiger partial charge in [0, 0.05) is 17.9 Å². The summed E-state index contributed by atoms with van der Waals surface area (Å²) < 4.78 is 5.68. The predicted octanol–water partition coefficient (Wildman–Crippen LogP) is 3.06. The van der Waals surface area contributed by atoms with Gasteiger partial charge in [-0.25, -0.2) is 16.0 Å². The number of benzene rings is 2. The highest BCUT2D eigenvalue weighted by atomic mass is 35.5. The van der Waals surface area contributed by atoms with Crippen LogP contribution in [0.1, 0.15) is 16.7 Å². The van der Waals surface area contributed by atoms with Crippen LogP contribution in [0.15, 0.2) is 40.5 Å². The first-order valence-electron chi connectivity index (χ1n) is 8.72. The molecule has 2 heterocycles. The Balaban J connectivity index is 1.76. The van der Waals surface area contributed by atoms with Crippen molar-refractivity contribution in [3.63, 3.8) is 0 Å². The van der Waals surface area contributed by atoms with Gasteiger partial charge in [-0.3, -0.25) is 5.43 Å². The van der Waals surface area contributed by atoms with Gasteiger partial charge in [-0.05, 0) is 42.1 Å². The Morgan fingerprint density at radius 2 is 2.15 bits per heavy atom. The van der Waals surface area contributed by atoms with E-state index in [0.717, 1.165) is 33.8 Å². The number of hydrogen-bond acceptors (Lipinski definition) is 7. The smallest absolute Gasteiger partial charge is 0.156 e. The van der Waals surface area contributed by atoms with Crippen LogP contribution in [-0.2, 0) is 18.0 Å². The number of nitrogens with one attached hydrogen (secondary N) is 1. The Hall–Kier alpha value is -1.77. The lowest BCUT2D eigenvalue weighted by atomic mass is 9.94. The number of thioether (sulfide) groups is 1. The summed E-state index contributed by atoms with van der Waals surface area (Å²) >= 11 is 8.34. The maximum atomic E-state index is 6.67. The Bertz CT molecular complexity index is 943. The predicted molar refractivity (Wildman–Crippen MR) is 112 cm³/mol. The number of amidine groups is 1. The molecule has 2 aromatic rings. The van der Waals surface area contributed by atoms with Gasteiger partial charge < -0.3 is 9.64 Å². The molecule has 4 rings (SSSR count). The minimum atomic E-state index is 0.571. The summed E-state index contributed by atoms with van der Waals surface area (Å²) in [6, 6.07) is 8.18. The Kier molecular flexibility index (Phi) is 5.29. The zero-order valence-electron chi connectivity index (χ0n) is 15.3. The largest absolute Gasteiger partial charge is 0.372 e. The van der Waals surface area contributed by atoms with Gasteiger partial charge in [0.05, 0.1) is 24.4 Å². The van der Waals surface area contributed by atoms with Crippen LogP contribution in [0.3, 0.4) is 0 Å². The van der Waals surface area contributed by atoms with E-state index in [1.54, 1.807) is 18.0 Å². The molecule has 0 aromatic heterocycles. The highest BCUT2D eigenvalue weighted by molar-refractivity contribution is 8.03. The molecule has 8 heteroatoms. The first kappa shape index (κ1) is 18.6. The number of rotatable bonds is 5. The lowest BCUT2D eigenvalue weighted by Crippen LogP contribution is -2.46. The fourth-order valence-electron chi connectivity index (χ4n) is 3.31. The van der Waals surface area contributed by atoms with E-state index in [2.05, 4.69) is 36.6 Å². The van der Waals surface area contributed by atoms with Gasteiger partial charge in [-0.2, -0.15) is 0 Å². The molecule has 0 spiro atoms. The summed E-state index contributed by atoms with van der Waals surface area (Å²) in [6.07, 6.45) is 1.79. The molecule has 0 atom stereocenters. The molecule has 6 nitrogen and oxygen atoms in total. The van der Waals surface area contributed by atoms with Crippen molar-refractivity contribution in [2.45, 2.75) is 13.2 Å². The van der Waals surface area contributed by atoms with Crippen LogP contribution < -0.4 is 11.3 Å². The van der Waals surface area contributed by atoms with E-state index in [9.17, 15) is 0 Å². The number of halogens is 1. The summed E-state index contributed by atoms with van der Waals surface area (Å²) in [6.45, 7) is 2.15. The van der Waals surface area contributed by atoms with E-state index in [-0.39, 0.29) is 0 Å². The molecule has 27 heavy (non-hydrogen) atoms. The average Bonchev–Trinajstić information content (AvgIpc) is 2.61. The topological polar surface area (TPSA) is 66.1 Å². The highest BCUT2D eigenvalue weighted by Crippen LogP contribution is 2.36. The second kappa shape index (κ2) is 7.69. The van der Waals surface area contributed by atoms with Crippen LogP contribution in [0.4, 0.5) is 0 Å². The number of hydrazine groups is 2. The van der Waals surface area contributed by atoms with E-state index >= 15 is 0 Å². The van der Waals surface area contributed by atoms with Crippen LogP contribution in [-0.4, -0.2) is 42.2 Å². The summed E-state index contributed by atoms with van der Waals surface area (Å²) in [7, 11) is 4.11. The van der Waals surface area contributed by atoms with Gasteiger partial charge in [0.15, 0.2) is 5.84 Å². The van der Waals surface area contributed by atoms with Gasteiger partial charge >= 0.3 is 0 Å². The molecule has 3 N–H and O–H groups in total. The quantitative estimate of drug-likeness (QED) is 0.748. The van der Waals surface area contributed by atoms with E-state index in [4.69, 9.17) is 27.2 Å². The third kappa shape index (κ3) is 3.79. The van der Waals surface area contributed by atoms with Crippen LogP contribution in [0, 0.1) is 0 Å². The molecule has 0 amide bonds. The summed E-state index contributed by atoms with van der Waals surface area (Å²) in [4.78, 5) is 6.93. The Morgan fingerprint density at radius 1 is 1.33 bits per heavy atom. The van der Waals surface area contributed by atoms with Gasteiger partial charge in [-0.1, -0.05) is 29.8 Å². The molecule has 2 aromatic carbocycles. The molecule has 0 fully saturated rings. The van der Waals surface area contributed by atoms with Crippen molar-refractivity contribution in [3.05, 3.63) is 57.2 Å². The van der Waals surface area contributed by atoms with Crippen LogP contribution >= 0.6 is 23.4 Å². The maximum absolute atomic E-state index is 6.67. The number of ether oxygens (including phenoxy) is 1. The van der Waals surface area contributed by atoms with Gasteiger partial charge in [0.2, 0.25) is 0 Å². The minimum Gasteiger partial charge on any atom is -0.372 e. The summed E-state index contributed by atoms with van der Waals surface area (Å²) in [5.41, 5.74) is 6.26. The van der Waals surface area contributed by atoms with Crippen molar-refractivity contribution in [1.82, 2.24) is 15.4 Å². The van der Waals surface area contributed by atoms with Crippen molar-refractivity contribution in [1.29, 1.82) is 0 Å². The number of aliphatic imine (C=N–C) groups is 1. The zero-order chi connectivity index (χ0) is 19.0. The standard InChI is InChI=1S/C19H22ClN5OS/c1-24(2)6-7-27-16-9-25(21)23-19(22-16)18-14-5-3-4-12-10-26-11-13(17(12)14)8-15(18)20/h3-5,8-9H,6-7,10-11,21H2,1-2H3,(H,22,23). The average molecular weight is 404 g/mol. The zero-order valence-corrected chi connectivity index (χ0v) is 16.9. The Labute approximate surface area is 167 Å². The Morgan fingerprint density at radius 3 is 2.96 bits per heavy atom. The lowest BCUT2D eigenvalue weighted by molar-refractivity contribution is 0.103. The van der Waals surface area contributed by atoms with Crippen molar-refractivity contribution < 1.29 is 4.74 Å². The van der Waals surface area contributed by atoms with Crippen molar-refractivity contribution in [2.75, 3.05) is 26.4 Å². The molecule has 142 valence electrons. The third-order valence-corrected chi connectivity index (χ3v) is 5.71. The number of nitrogens with zero attached hydrogens (tertiary/aromatic N) is 3.